The first-order chi connectivity index (χ1) is 14.5. The van der Waals surface area contributed by atoms with Gasteiger partial charge in [0.05, 0.1) is 24.3 Å². The van der Waals surface area contributed by atoms with Crippen molar-refractivity contribution in [3.8, 4) is 5.75 Å². The number of benzene rings is 2. The van der Waals surface area contributed by atoms with Crippen LogP contribution in [-0.4, -0.2) is 28.9 Å². The second-order valence-electron chi connectivity index (χ2n) is 6.63. The number of anilines is 1. The van der Waals surface area contributed by atoms with Gasteiger partial charge < -0.3 is 9.84 Å². The van der Waals surface area contributed by atoms with Crippen molar-refractivity contribution < 1.29 is 23.8 Å². The van der Waals surface area contributed by atoms with Gasteiger partial charge in [-0.2, -0.15) is 0 Å². The Morgan fingerprint density at radius 3 is 2.50 bits per heavy atom. The van der Waals surface area contributed by atoms with E-state index in [1.807, 2.05) is 0 Å². The molecule has 2 aromatic carbocycles. The summed E-state index contributed by atoms with van der Waals surface area (Å²) in [4.78, 5) is 31.1. The molecule has 30 heavy (non-hydrogen) atoms. The number of Topliss-reactive ketones (excluding diaryl/α,β-unsaturated/α-hetero) is 1. The molecule has 0 aliphatic carbocycles. The average molecular weight is 404 g/mol. The van der Waals surface area contributed by atoms with Crippen LogP contribution in [0, 0.1) is 5.82 Å². The van der Waals surface area contributed by atoms with E-state index in [1.165, 1.54) is 48.7 Å². The molecule has 4 rings (SSSR count). The number of nitrogens with zero attached hydrogens (tertiary/aromatic N) is 2. The molecule has 150 valence electrons. The maximum Gasteiger partial charge on any atom is 0.300 e. The van der Waals surface area contributed by atoms with E-state index in [0.717, 1.165) is 0 Å². The van der Waals surface area contributed by atoms with Crippen molar-refractivity contribution >= 4 is 23.1 Å². The Balaban J connectivity index is 1.97. The lowest BCUT2D eigenvalue weighted by Gasteiger charge is -2.25. The van der Waals surface area contributed by atoms with Crippen LogP contribution in [0.5, 0.6) is 5.75 Å². The van der Waals surface area contributed by atoms with Crippen molar-refractivity contribution in [1.82, 2.24) is 4.98 Å². The van der Waals surface area contributed by atoms with Gasteiger partial charge in [-0.3, -0.25) is 19.5 Å². The number of amides is 1. The average Bonchev–Trinajstić information content (AvgIpc) is 3.04. The highest BCUT2D eigenvalue weighted by Gasteiger charge is 2.47. The summed E-state index contributed by atoms with van der Waals surface area (Å²) in [6.45, 7) is 0. The number of pyridine rings is 1. The summed E-state index contributed by atoms with van der Waals surface area (Å²) >= 11 is 0. The predicted octanol–water partition coefficient (Wildman–Crippen LogP) is 3.86. The second kappa shape index (κ2) is 7.79. The van der Waals surface area contributed by atoms with Crippen molar-refractivity contribution in [3.05, 3.63) is 95.6 Å². The third-order valence-corrected chi connectivity index (χ3v) is 4.91. The number of rotatable bonds is 4. The highest BCUT2D eigenvalue weighted by Crippen LogP contribution is 2.43. The molecule has 1 N–H and O–H groups in total. The molecule has 7 heteroatoms. The van der Waals surface area contributed by atoms with Crippen LogP contribution < -0.4 is 9.64 Å². The van der Waals surface area contributed by atoms with Crippen molar-refractivity contribution in [2.24, 2.45) is 0 Å². The van der Waals surface area contributed by atoms with Gasteiger partial charge in [-0.15, -0.1) is 0 Å². The van der Waals surface area contributed by atoms with Gasteiger partial charge in [0.2, 0.25) is 0 Å². The third kappa shape index (κ3) is 3.20. The molecule has 1 aliphatic rings. The number of aromatic nitrogens is 1. The number of halogens is 1. The highest BCUT2D eigenvalue weighted by molar-refractivity contribution is 6.51. The molecular formula is C23H17FN2O4. The first-order valence-electron chi connectivity index (χ1n) is 9.13. The van der Waals surface area contributed by atoms with Crippen LogP contribution >= 0.6 is 0 Å². The molecule has 6 nitrogen and oxygen atoms in total. The molecule has 3 aromatic rings. The van der Waals surface area contributed by atoms with Crippen molar-refractivity contribution in [2.75, 3.05) is 12.0 Å². The zero-order valence-corrected chi connectivity index (χ0v) is 15.9. The smallest absolute Gasteiger partial charge is 0.300 e. The minimum atomic E-state index is -0.959. The number of para-hydroxylation sites is 1. The van der Waals surface area contributed by atoms with Crippen LogP contribution in [0.25, 0.3) is 5.76 Å². The molecule has 2 heterocycles. The number of methoxy groups -OCH3 is 1. The van der Waals surface area contributed by atoms with Crippen LogP contribution in [0.2, 0.25) is 0 Å². The summed E-state index contributed by atoms with van der Waals surface area (Å²) in [6.07, 6.45) is 3.04. The molecule has 1 atom stereocenters. The van der Waals surface area contributed by atoms with Crippen LogP contribution in [0.15, 0.2) is 78.6 Å². The molecule has 1 fully saturated rings. The minimum Gasteiger partial charge on any atom is -0.507 e. The topological polar surface area (TPSA) is 79.7 Å². The zero-order chi connectivity index (χ0) is 21.3. The maximum atomic E-state index is 13.9. The monoisotopic (exact) mass is 404 g/mol. The van der Waals surface area contributed by atoms with Crippen molar-refractivity contribution in [2.45, 2.75) is 6.04 Å². The summed E-state index contributed by atoms with van der Waals surface area (Å²) in [5.41, 5.74) is 0.916. The molecule has 1 unspecified atom stereocenters. The Labute approximate surface area is 171 Å². The molecule has 0 spiro atoms. The van der Waals surface area contributed by atoms with E-state index in [9.17, 15) is 19.1 Å². The molecule has 1 aromatic heterocycles. The van der Waals surface area contributed by atoms with E-state index in [-0.39, 0.29) is 22.6 Å². The van der Waals surface area contributed by atoms with E-state index < -0.39 is 23.5 Å². The molecular weight excluding hydrogens is 387 g/mol. The maximum absolute atomic E-state index is 13.9. The fourth-order valence-electron chi connectivity index (χ4n) is 3.57. The summed E-state index contributed by atoms with van der Waals surface area (Å²) in [5, 5.41) is 11.1. The molecule has 0 radical (unpaired) electrons. The fraction of sp³-hybridized carbons (Fsp3) is 0.0870. The van der Waals surface area contributed by atoms with Crippen LogP contribution in [0.4, 0.5) is 10.1 Å². The Morgan fingerprint density at radius 2 is 1.80 bits per heavy atom. The summed E-state index contributed by atoms with van der Waals surface area (Å²) in [5.74, 6) is -2.30. The lowest BCUT2D eigenvalue weighted by Crippen LogP contribution is -2.29. The number of ketones is 1. The lowest BCUT2D eigenvalue weighted by molar-refractivity contribution is -0.132. The summed E-state index contributed by atoms with van der Waals surface area (Å²) in [7, 11) is 1.44. The SMILES string of the molecule is COc1ccccc1/C(O)=C1\C(=O)C(=O)N(c2cccc(F)c2)C1c1ccncc1. The van der Waals surface area contributed by atoms with Gasteiger partial charge in [0, 0.05) is 18.1 Å². The van der Waals surface area contributed by atoms with Crippen molar-refractivity contribution in [3.63, 3.8) is 0 Å². The highest BCUT2D eigenvalue weighted by atomic mass is 19.1. The Morgan fingerprint density at radius 1 is 1.07 bits per heavy atom. The number of hydrogen-bond donors (Lipinski definition) is 1. The first kappa shape index (κ1) is 19.3. The van der Waals surface area contributed by atoms with Crippen LogP contribution in [0.3, 0.4) is 0 Å². The predicted molar refractivity (Wildman–Crippen MR) is 108 cm³/mol. The van der Waals surface area contributed by atoms with E-state index in [1.54, 1.807) is 36.4 Å². The number of carbonyl (C=O) groups excluding carboxylic acids is 2. The molecule has 1 saturated heterocycles. The third-order valence-electron chi connectivity index (χ3n) is 4.91. The van der Waals surface area contributed by atoms with Gasteiger partial charge in [-0.25, -0.2) is 4.39 Å². The Bertz CT molecular complexity index is 1160. The second-order valence-corrected chi connectivity index (χ2v) is 6.63. The molecule has 0 bridgehead atoms. The van der Waals surface area contributed by atoms with Crippen LogP contribution in [0.1, 0.15) is 17.2 Å². The van der Waals surface area contributed by atoms with Gasteiger partial charge in [0.1, 0.15) is 17.3 Å². The normalized spacial score (nSPS) is 17.9. The molecule has 0 saturated carbocycles. The molecule has 1 aliphatic heterocycles. The van der Waals surface area contributed by atoms with Gasteiger partial charge in [0.25, 0.3) is 11.7 Å². The first-order valence-corrected chi connectivity index (χ1v) is 9.13. The van der Waals surface area contributed by atoms with Crippen LogP contribution in [-0.2, 0) is 9.59 Å². The fourth-order valence-corrected chi connectivity index (χ4v) is 3.57. The number of aliphatic hydroxyl groups excluding tert-OH is 1. The lowest BCUT2D eigenvalue weighted by atomic mass is 9.95. The van der Waals surface area contributed by atoms with E-state index >= 15 is 0 Å². The standard InChI is InChI=1S/C23H17FN2O4/c1-30-18-8-3-2-7-17(18)21(27)19-20(14-9-11-25-12-10-14)26(23(29)22(19)28)16-6-4-5-15(24)13-16/h2-13,20,27H,1H3/b21-19+. The number of aliphatic hydroxyl groups is 1. The molecule has 1 amide bonds. The largest absolute Gasteiger partial charge is 0.507 e. The minimum absolute atomic E-state index is 0.111. The Hall–Kier alpha value is -4.00. The number of hydrogen-bond acceptors (Lipinski definition) is 5. The quantitative estimate of drug-likeness (QED) is 0.406. The van der Waals surface area contributed by atoms with Gasteiger partial charge >= 0.3 is 0 Å². The van der Waals surface area contributed by atoms with Gasteiger partial charge in [0.15, 0.2) is 0 Å². The van der Waals surface area contributed by atoms with E-state index in [2.05, 4.69) is 4.98 Å². The van der Waals surface area contributed by atoms with Crippen molar-refractivity contribution in [1.29, 1.82) is 0 Å². The van der Waals surface area contributed by atoms with Gasteiger partial charge in [-0.05, 0) is 48.0 Å². The Kier molecular flexibility index (Phi) is 5.02. The number of ether oxygens (including phenoxy) is 1. The van der Waals surface area contributed by atoms with Gasteiger partial charge in [-0.1, -0.05) is 18.2 Å². The summed E-state index contributed by atoms with van der Waals surface area (Å²) in [6, 6.07) is 14.4. The number of carbonyl (C=O) groups is 2. The van der Waals surface area contributed by atoms with E-state index in [4.69, 9.17) is 4.74 Å². The summed E-state index contributed by atoms with van der Waals surface area (Å²) < 4.78 is 19.2. The zero-order valence-electron chi connectivity index (χ0n) is 15.9. The van der Waals surface area contributed by atoms with E-state index in [0.29, 0.717) is 11.3 Å².